The molecule has 1 saturated heterocycles. The zero-order chi connectivity index (χ0) is 22.2. The van der Waals surface area contributed by atoms with Gasteiger partial charge in [0.2, 0.25) is 0 Å². The first-order valence-electron chi connectivity index (χ1n) is 10.2. The van der Waals surface area contributed by atoms with Crippen molar-refractivity contribution in [1.29, 1.82) is 0 Å². The first-order valence-corrected chi connectivity index (χ1v) is 11.0. The van der Waals surface area contributed by atoms with Crippen LogP contribution in [-0.4, -0.2) is 28.9 Å². The maximum Gasteiger partial charge on any atom is 0.416 e. The monoisotopic (exact) mass is 444 g/mol. The van der Waals surface area contributed by atoms with E-state index in [9.17, 15) is 18.0 Å². The smallest absolute Gasteiger partial charge is 0.337 e. The molecule has 1 aliphatic rings. The van der Waals surface area contributed by atoms with Crippen LogP contribution < -0.4 is 0 Å². The summed E-state index contributed by atoms with van der Waals surface area (Å²) in [7, 11) is 0. The lowest BCUT2D eigenvalue weighted by molar-refractivity contribution is -0.137. The van der Waals surface area contributed by atoms with Gasteiger partial charge in [0.15, 0.2) is 0 Å². The number of likely N-dealkylation sites (tertiary alicyclic amines) is 1. The number of carbonyl (C=O) groups is 1. The quantitative estimate of drug-likeness (QED) is 0.464. The van der Waals surface area contributed by atoms with Crippen molar-refractivity contribution >= 4 is 17.2 Å². The summed E-state index contributed by atoms with van der Waals surface area (Å²) < 4.78 is 38.4. The number of thiazole rings is 1. The van der Waals surface area contributed by atoms with Crippen LogP contribution in [0, 0.1) is 13.8 Å². The molecular weight excluding hydrogens is 421 g/mol. The van der Waals surface area contributed by atoms with E-state index in [0.717, 1.165) is 25.0 Å². The zero-order valence-corrected chi connectivity index (χ0v) is 18.2. The van der Waals surface area contributed by atoms with Gasteiger partial charge in [0.1, 0.15) is 9.88 Å². The Bertz CT molecular complexity index is 1090. The number of piperidine rings is 1. The Morgan fingerprint density at radius 2 is 1.87 bits per heavy atom. The third kappa shape index (κ3) is 4.66. The normalized spacial score (nSPS) is 17.1. The van der Waals surface area contributed by atoms with Crippen molar-refractivity contribution in [3.05, 3.63) is 75.8 Å². The number of nitrogens with zero attached hydrogens (tertiary/aromatic N) is 2. The lowest BCUT2D eigenvalue weighted by atomic mass is 9.90. The second-order valence-corrected chi connectivity index (χ2v) is 9.01. The summed E-state index contributed by atoms with van der Waals surface area (Å²) in [5, 5.41) is 0.557. The summed E-state index contributed by atoms with van der Waals surface area (Å²) in [6, 6.07) is 13.3. The summed E-state index contributed by atoms with van der Waals surface area (Å²) in [4.78, 5) is 20.1. The predicted octanol–water partition coefficient (Wildman–Crippen LogP) is 6.47. The van der Waals surface area contributed by atoms with Gasteiger partial charge < -0.3 is 4.90 Å². The maximum absolute atomic E-state index is 13.2. The molecule has 3 nitrogen and oxygen atoms in total. The molecule has 1 fully saturated rings. The Balaban J connectivity index is 1.53. The van der Waals surface area contributed by atoms with Gasteiger partial charge in [-0.3, -0.25) is 4.79 Å². The van der Waals surface area contributed by atoms with Crippen molar-refractivity contribution in [2.24, 2.45) is 0 Å². The highest BCUT2D eigenvalue weighted by Gasteiger charge is 2.31. The van der Waals surface area contributed by atoms with Crippen molar-refractivity contribution in [3.8, 4) is 10.6 Å². The third-order valence-corrected chi connectivity index (χ3v) is 6.87. The summed E-state index contributed by atoms with van der Waals surface area (Å²) in [5.41, 5.74) is 2.96. The second-order valence-electron chi connectivity index (χ2n) is 8.01. The van der Waals surface area contributed by atoms with E-state index in [-0.39, 0.29) is 5.91 Å². The van der Waals surface area contributed by atoms with E-state index in [0.29, 0.717) is 40.1 Å². The molecule has 0 aliphatic carbocycles. The van der Waals surface area contributed by atoms with Crippen LogP contribution >= 0.6 is 11.3 Å². The predicted molar refractivity (Wildman–Crippen MR) is 116 cm³/mol. The van der Waals surface area contributed by atoms with Crippen molar-refractivity contribution in [3.63, 3.8) is 0 Å². The molecule has 1 aliphatic heterocycles. The van der Waals surface area contributed by atoms with Gasteiger partial charge in [-0.05, 0) is 44.4 Å². The highest BCUT2D eigenvalue weighted by Crippen LogP contribution is 2.34. The fourth-order valence-electron chi connectivity index (χ4n) is 4.02. The van der Waals surface area contributed by atoms with Gasteiger partial charge in [0.25, 0.3) is 5.91 Å². The average Bonchev–Trinajstić information content (AvgIpc) is 3.14. The van der Waals surface area contributed by atoms with Gasteiger partial charge in [0.05, 0.1) is 11.3 Å². The number of alkyl halides is 3. The van der Waals surface area contributed by atoms with Crippen molar-refractivity contribution in [1.82, 2.24) is 9.88 Å². The molecular formula is C24H23F3N2OS. The molecule has 162 valence electrons. The van der Waals surface area contributed by atoms with E-state index in [1.165, 1.54) is 34.6 Å². The Morgan fingerprint density at radius 3 is 2.55 bits per heavy atom. The van der Waals surface area contributed by atoms with Crippen molar-refractivity contribution < 1.29 is 18.0 Å². The first-order chi connectivity index (χ1) is 14.7. The van der Waals surface area contributed by atoms with Crippen LogP contribution in [0.3, 0.4) is 0 Å². The molecule has 0 saturated carbocycles. The van der Waals surface area contributed by atoms with Gasteiger partial charge in [-0.2, -0.15) is 13.2 Å². The number of carbonyl (C=O) groups excluding carboxylic acids is 1. The number of benzene rings is 2. The summed E-state index contributed by atoms with van der Waals surface area (Å²) in [6.07, 6.45) is -2.39. The maximum atomic E-state index is 13.2. The van der Waals surface area contributed by atoms with Crippen molar-refractivity contribution in [2.75, 3.05) is 13.1 Å². The average molecular weight is 445 g/mol. The number of amides is 1. The van der Waals surface area contributed by atoms with E-state index in [2.05, 4.69) is 36.2 Å². The summed E-state index contributed by atoms with van der Waals surface area (Å²) in [6.45, 7) is 5.21. The van der Waals surface area contributed by atoms with Gasteiger partial charge in [-0.1, -0.05) is 42.0 Å². The minimum atomic E-state index is -4.37. The minimum Gasteiger partial charge on any atom is -0.337 e. The molecule has 1 atom stereocenters. The van der Waals surface area contributed by atoms with E-state index in [1.54, 1.807) is 6.92 Å². The van der Waals surface area contributed by atoms with Gasteiger partial charge in [-0.25, -0.2) is 4.98 Å². The first kappa shape index (κ1) is 21.6. The molecule has 0 spiro atoms. The molecule has 7 heteroatoms. The van der Waals surface area contributed by atoms with Crippen molar-refractivity contribution in [2.45, 2.75) is 38.8 Å². The molecule has 31 heavy (non-hydrogen) atoms. The number of hydrogen-bond donors (Lipinski definition) is 0. The minimum absolute atomic E-state index is 0.0504. The zero-order valence-electron chi connectivity index (χ0n) is 17.4. The number of halogens is 3. The highest BCUT2D eigenvalue weighted by atomic mass is 32.1. The third-order valence-electron chi connectivity index (χ3n) is 5.67. The molecule has 1 unspecified atom stereocenters. The fourth-order valence-corrected chi connectivity index (χ4v) is 5.06. The highest BCUT2D eigenvalue weighted by molar-refractivity contribution is 7.17. The van der Waals surface area contributed by atoms with Gasteiger partial charge in [0, 0.05) is 24.6 Å². The van der Waals surface area contributed by atoms with Crippen LogP contribution in [0.25, 0.3) is 10.6 Å². The molecule has 1 aromatic heterocycles. The Labute approximate surface area is 183 Å². The molecule has 0 radical (unpaired) electrons. The topological polar surface area (TPSA) is 33.2 Å². The van der Waals surface area contributed by atoms with Gasteiger partial charge >= 0.3 is 6.18 Å². The Morgan fingerprint density at radius 1 is 1.13 bits per heavy atom. The Kier molecular flexibility index (Phi) is 5.88. The molecule has 4 rings (SSSR count). The molecule has 2 heterocycles. The molecule has 1 amide bonds. The van der Waals surface area contributed by atoms with Crippen LogP contribution in [-0.2, 0) is 6.18 Å². The lowest BCUT2D eigenvalue weighted by Gasteiger charge is -2.33. The van der Waals surface area contributed by atoms with Crippen LogP contribution in [0.4, 0.5) is 13.2 Å². The molecule has 2 aromatic carbocycles. The van der Waals surface area contributed by atoms with Gasteiger partial charge in [-0.15, -0.1) is 11.3 Å². The fraction of sp³-hybridized carbons (Fsp3) is 0.333. The summed E-state index contributed by atoms with van der Waals surface area (Å²) in [5.74, 6) is 0.255. The van der Waals surface area contributed by atoms with E-state index < -0.39 is 11.7 Å². The molecule has 0 N–H and O–H groups in total. The van der Waals surface area contributed by atoms with Crippen LogP contribution in [0.15, 0.2) is 48.5 Å². The largest absolute Gasteiger partial charge is 0.416 e. The summed E-state index contributed by atoms with van der Waals surface area (Å²) >= 11 is 1.24. The molecule has 3 aromatic rings. The lowest BCUT2D eigenvalue weighted by Crippen LogP contribution is -2.39. The van der Waals surface area contributed by atoms with Crippen LogP contribution in [0.1, 0.15) is 50.8 Å². The number of aromatic nitrogens is 1. The number of hydrogen-bond acceptors (Lipinski definition) is 3. The van der Waals surface area contributed by atoms with Crippen LogP contribution in [0.2, 0.25) is 0 Å². The van der Waals surface area contributed by atoms with Crippen LogP contribution in [0.5, 0.6) is 0 Å². The number of aryl methyl sites for hydroxylation is 2. The van der Waals surface area contributed by atoms with E-state index >= 15 is 0 Å². The van der Waals surface area contributed by atoms with E-state index in [4.69, 9.17) is 0 Å². The SMILES string of the molecule is Cc1cccc(C2CCCN(C(=O)c3sc(-c4ccc(C(F)(F)F)cc4)nc3C)C2)c1. The second kappa shape index (κ2) is 8.46. The van der Waals surface area contributed by atoms with E-state index in [1.807, 2.05) is 4.90 Å². The Hall–Kier alpha value is -2.67. The standard InChI is InChI=1S/C24H23F3N2OS/c1-15-5-3-6-18(13-15)19-7-4-12-29(14-19)23(30)21-16(2)28-22(31-21)17-8-10-20(11-9-17)24(25,26)27/h3,5-6,8-11,13,19H,4,7,12,14H2,1-2H3. The number of rotatable bonds is 3. The molecule has 0 bridgehead atoms.